The van der Waals surface area contributed by atoms with Crippen molar-refractivity contribution in [1.29, 1.82) is 0 Å². The summed E-state index contributed by atoms with van der Waals surface area (Å²) in [6, 6.07) is 10.4. The molecule has 0 aliphatic rings. The Morgan fingerprint density at radius 3 is 2.71 bits per heavy atom. The number of nitrogens with zero attached hydrogens (tertiary/aromatic N) is 2. The molecule has 0 aliphatic heterocycles. The van der Waals surface area contributed by atoms with Gasteiger partial charge in [-0.25, -0.2) is 9.78 Å². The molecule has 0 saturated heterocycles. The first kappa shape index (κ1) is 14.1. The van der Waals surface area contributed by atoms with Crippen molar-refractivity contribution in [2.24, 2.45) is 0 Å². The van der Waals surface area contributed by atoms with Crippen molar-refractivity contribution in [3.63, 3.8) is 0 Å². The van der Waals surface area contributed by atoms with Gasteiger partial charge in [-0.3, -0.25) is 4.57 Å². The monoisotopic (exact) mass is 364 g/mol. The quantitative estimate of drug-likeness (QED) is 0.730. The zero-order chi connectivity index (χ0) is 15.1. The normalized spacial score (nSPS) is 11.0. The summed E-state index contributed by atoms with van der Waals surface area (Å²) < 4.78 is 2.74. The topological polar surface area (TPSA) is 55.1 Å². The summed E-state index contributed by atoms with van der Waals surface area (Å²) in [5.41, 5.74) is 2.44. The van der Waals surface area contributed by atoms with Gasteiger partial charge in [-0.05, 0) is 43.3 Å². The molecule has 0 fully saturated rings. The minimum absolute atomic E-state index is 0.219. The van der Waals surface area contributed by atoms with Crippen molar-refractivity contribution >= 4 is 44.5 Å². The Balaban J connectivity index is 2.32. The van der Waals surface area contributed by atoms with E-state index in [4.69, 9.17) is 16.7 Å². The average Bonchev–Trinajstić information content (AvgIpc) is 2.74. The van der Waals surface area contributed by atoms with Crippen LogP contribution in [0.15, 0.2) is 40.9 Å². The van der Waals surface area contributed by atoms with Crippen molar-refractivity contribution in [2.45, 2.75) is 6.92 Å². The molecular formula is C15H10BrClN2O2. The van der Waals surface area contributed by atoms with Crippen LogP contribution in [0.2, 0.25) is 5.02 Å². The van der Waals surface area contributed by atoms with Gasteiger partial charge in [0, 0.05) is 4.47 Å². The highest BCUT2D eigenvalue weighted by molar-refractivity contribution is 9.10. The van der Waals surface area contributed by atoms with Gasteiger partial charge in [0.1, 0.15) is 5.82 Å². The maximum absolute atomic E-state index is 11.1. The molecule has 4 nitrogen and oxygen atoms in total. The van der Waals surface area contributed by atoms with E-state index >= 15 is 0 Å². The second-order valence-electron chi connectivity index (χ2n) is 4.60. The number of hydrogen-bond acceptors (Lipinski definition) is 2. The highest BCUT2D eigenvalue weighted by Gasteiger charge is 2.14. The third-order valence-electron chi connectivity index (χ3n) is 3.22. The second kappa shape index (κ2) is 5.16. The highest BCUT2D eigenvalue weighted by Crippen LogP contribution is 2.29. The van der Waals surface area contributed by atoms with E-state index in [1.54, 1.807) is 24.3 Å². The number of benzene rings is 2. The molecule has 3 aromatic rings. The van der Waals surface area contributed by atoms with Crippen molar-refractivity contribution in [3.05, 3.63) is 57.3 Å². The number of halogens is 2. The number of carboxylic acids is 1. The first-order valence-corrected chi connectivity index (χ1v) is 7.32. The number of hydrogen-bond donors (Lipinski definition) is 1. The van der Waals surface area contributed by atoms with Crippen LogP contribution in [0, 0.1) is 6.92 Å². The molecule has 0 aliphatic carbocycles. The lowest BCUT2D eigenvalue weighted by Crippen LogP contribution is -2.00. The molecule has 0 radical (unpaired) electrons. The van der Waals surface area contributed by atoms with Gasteiger partial charge in [0.15, 0.2) is 0 Å². The van der Waals surface area contributed by atoms with Crippen molar-refractivity contribution in [1.82, 2.24) is 9.55 Å². The molecule has 3 rings (SSSR count). The summed E-state index contributed by atoms with van der Waals surface area (Å²) in [6.45, 7) is 1.86. The molecule has 0 saturated carbocycles. The number of aryl methyl sites for hydroxylation is 1. The van der Waals surface area contributed by atoms with Gasteiger partial charge in [-0.15, -0.1) is 0 Å². The van der Waals surface area contributed by atoms with E-state index in [9.17, 15) is 4.79 Å². The Morgan fingerprint density at radius 1 is 1.29 bits per heavy atom. The zero-order valence-corrected chi connectivity index (χ0v) is 13.3. The van der Waals surface area contributed by atoms with Crippen LogP contribution in [0.4, 0.5) is 0 Å². The lowest BCUT2D eigenvalue weighted by molar-refractivity contribution is 0.0697. The van der Waals surface area contributed by atoms with Crippen LogP contribution in [-0.4, -0.2) is 20.6 Å². The van der Waals surface area contributed by atoms with E-state index in [-0.39, 0.29) is 5.56 Å². The Labute approximate surface area is 134 Å². The molecule has 0 bridgehead atoms. The maximum atomic E-state index is 11.1. The summed E-state index contributed by atoms with van der Waals surface area (Å²) in [7, 11) is 0. The molecular weight excluding hydrogens is 356 g/mol. The van der Waals surface area contributed by atoms with E-state index in [1.807, 2.05) is 23.6 Å². The number of aromatic nitrogens is 2. The summed E-state index contributed by atoms with van der Waals surface area (Å²) >= 11 is 9.67. The molecule has 2 aromatic carbocycles. The lowest BCUT2D eigenvalue weighted by atomic mass is 10.2. The van der Waals surface area contributed by atoms with Crippen LogP contribution >= 0.6 is 27.5 Å². The van der Waals surface area contributed by atoms with Gasteiger partial charge in [-0.1, -0.05) is 27.5 Å². The molecule has 6 heteroatoms. The molecule has 0 unspecified atom stereocenters. The predicted molar refractivity (Wildman–Crippen MR) is 85.5 cm³/mol. The summed E-state index contributed by atoms with van der Waals surface area (Å²) in [5, 5.41) is 9.70. The number of rotatable bonds is 2. The largest absolute Gasteiger partial charge is 0.478 e. The van der Waals surface area contributed by atoms with Crippen LogP contribution in [0.5, 0.6) is 0 Å². The highest BCUT2D eigenvalue weighted by atomic mass is 79.9. The smallest absolute Gasteiger partial charge is 0.335 e. The fraction of sp³-hybridized carbons (Fsp3) is 0.0667. The van der Waals surface area contributed by atoms with Crippen LogP contribution in [-0.2, 0) is 0 Å². The van der Waals surface area contributed by atoms with Gasteiger partial charge in [0.05, 0.1) is 27.3 Å². The summed E-state index contributed by atoms with van der Waals surface area (Å²) in [5.74, 6) is -0.221. The minimum atomic E-state index is -0.968. The lowest BCUT2D eigenvalue weighted by Gasteiger charge is -2.09. The third kappa shape index (κ3) is 2.43. The number of carboxylic acid groups (broad SMARTS) is 1. The molecule has 0 atom stereocenters. The number of fused-ring (bicyclic) bond motifs is 1. The number of imidazole rings is 1. The average molecular weight is 366 g/mol. The van der Waals surface area contributed by atoms with Crippen molar-refractivity contribution in [3.8, 4) is 5.69 Å². The standard InChI is InChI=1S/C15H10BrClN2O2/c1-8-18-12-4-2-9(15(20)21)6-14(12)19(8)13-5-3-10(16)7-11(13)17/h2-7H,1H3,(H,20,21). The Bertz CT molecular complexity index is 873. The molecule has 106 valence electrons. The fourth-order valence-corrected chi connectivity index (χ4v) is 3.05. The third-order valence-corrected chi connectivity index (χ3v) is 4.02. The summed E-state index contributed by atoms with van der Waals surface area (Å²) in [6.07, 6.45) is 0. The SMILES string of the molecule is Cc1nc2ccc(C(=O)O)cc2n1-c1ccc(Br)cc1Cl. The van der Waals surface area contributed by atoms with Gasteiger partial charge in [-0.2, -0.15) is 0 Å². The Hall–Kier alpha value is -1.85. The minimum Gasteiger partial charge on any atom is -0.478 e. The van der Waals surface area contributed by atoms with Crippen LogP contribution < -0.4 is 0 Å². The molecule has 21 heavy (non-hydrogen) atoms. The van der Waals surface area contributed by atoms with Crippen molar-refractivity contribution in [2.75, 3.05) is 0 Å². The summed E-state index contributed by atoms with van der Waals surface area (Å²) in [4.78, 5) is 15.6. The van der Waals surface area contributed by atoms with Crippen LogP contribution in [0.1, 0.15) is 16.2 Å². The van der Waals surface area contributed by atoms with Crippen LogP contribution in [0.3, 0.4) is 0 Å². The van der Waals surface area contributed by atoms with E-state index in [1.165, 1.54) is 0 Å². The molecule has 0 amide bonds. The first-order valence-electron chi connectivity index (χ1n) is 6.15. The zero-order valence-electron chi connectivity index (χ0n) is 11.0. The molecule has 0 spiro atoms. The van der Waals surface area contributed by atoms with E-state index in [2.05, 4.69) is 20.9 Å². The van der Waals surface area contributed by atoms with Gasteiger partial charge < -0.3 is 5.11 Å². The van der Waals surface area contributed by atoms with E-state index < -0.39 is 5.97 Å². The van der Waals surface area contributed by atoms with Gasteiger partial charge >= 0.3 is 5.97 Å². The van der Waals surface area contributed by atoms with Crippen molar-refractivity contribution < 1.29 is 9.90 Å². The maximum Gasteiger partial charge on any atom is 0.335 e. The predicted octanol–water partition coefficient (Wildman–Crippen LogP) is 4.45. The van der Waals surface area contributed by atoms with Gasteiger partial charge in [0.25, 0.3) is 0 Å². The second-order valence-corrected chi connectivity index (χ2v) is 5.92. The Morgan fingerprint density at radius 2 is 2.05 bits per heavy atom. The fourth-order valence-electron chi connectivity index (χ4n) is 2.30. The molecule has 1 heterocycles. The molecule has 1 N–H and O–H groups in total. The van der Waals surface area contributed by atoms with Crippen LogP contribution in [0.25, 0.3) is 16.7 Å². The van der Waals surface area contributed by atoms with Gasteiger partial charge in [0.2, 0.25) is 0 Å². The Kier molecular flexibility index (Phi) is 3.47. The number of aromatic carboxylic acids is 1. The molecule has 1 aromatic heterocycles. The first-order chi connectivity index (χ1) is 9.97. The van der Waals surface area contributed by atoms with E-state index in [0.29, 0.717) is 5.02 Å². The number of carbonyl (C=O) groups is 1. The van der Waals surface area contributed by atoms with E-state index in [0.717, 1.165) is 27.0 Å².